The lowest BCUT2D eigenvalue weighted by atomic mass is 9.93. The van der Waals surface area contributed by atoms with Crippen molar-refractivity contribution in [2.24, 2.45) is 0 Å². The smallest absolute Gasteiger partial charge is 0.278 e. The van der Waals surface area contributed by atoms with Gasteiger partial charge in [0.05, 0.1) is 12.3 Å². The molecule has 0 amide bonds. The van der Waals surface area contributed by atoms with Crippen LogP contribution in [0.3, 0.4) is 0 Å². The summed E-state index contributed by atoms with van der Waals surface area (Å²) in [5.41, 5.74) is 6.41. The summed E-state index contributed by atoms with van der Waals surface area (Å²) in [6.45, 7) is 6.53. The summed E-state index contributed by atoms with van der Waals surface area (Å²) in [6.07, 6.45) is 4.36. The van der Waals surface area contributed by atoms with Crippen molar-refractivity contribution < 1.29 is 8.99 Å². The molecule has 0 N–H and O–H groups in total. The molecule has 0 saturated heterocycles. The maximum atomic E-state index is 6.29. The maximum Gasteiger partial charge on any atom is 0.278 e. The lowest BCUT2D eigenvalue weighted by molar-refractivity contribution is -0.400. The quantitative estimate of drug-likeness (QED) is 0.175. The van der Waals surface area contributed by atoms with Gasteiger partial charge >= 0.3 is 0 Å². The number of rotatable bonds is 1. The number of para-hydroxylation sites is 1. The van der Waals surface area contributed by atoms with Gasteiger partial charge in [0.1, 0.15) is 0 Å². The summed E-state index contributed by atoms with van der Waals surface area (Å²) in [7, 11) is 0. The van der Waals surface area contributed by atoms with E-state index in [9.17, 15) is 0 Å². The van der Waals surface area contributed by atoms with Gasteiger partial charge in [-0.15, -0.1) is 18.2 Å². The van der Waals surface area contributed by atoms with Crippen LogP contribution in [0, 0.1) is 13.0 Å². The fourth-order valence-corrected chi connectivity index (χ4v) is 4.47. The molecule has 0 unspecified atom stereocenters. The first-order valence-corrected chi connectivity index (χ1v) is 9.80. The lowest BCUT2D eigenvalue weighted by Crippen LogP contribution is -2.16. The van der Waals surface area contributed by atoms with Crippen LogP contribution in [-0.2, 0) is 0 Å². The zero-order chi connectivity index (χ0) is 19.5. The third-order valence-corrected chi connectivity index (χ3v) is 5.84. The Labute approximate surface area is 169 Å². The molecule has 1 aliphatic rings. The molecule has 5 aromatic rings. The number of hydrogen-bond donors (Lipinski definition) is 0. The number of aryl methyl sites for hydroxylation is 1. The van der Waals surface area contributed by atoms with Crippen molar-refractivity contribution in [3.05, 3.63) is 102 Å². The first-order chi connectivity index (χ1) is 14.2. The van der Waals surface area contributed by atoms with Gasteiger partial charge in [0.2, 0.25) is 0 Å². The second kappa shape index (κ2) is 5.86. The molecule has 2 heterocycles. The van der Waals surface area contributed by atoms with Crippen LogP contribution in [0.2, 0.25) is 0 Å². The predicted octanol–water partition coefficient (Wildman–Crippen LogP) is 7.00. The Balaban J connectivity index is 1.59. The monoisotopic (exact) mass is 373 g/mol. The first-order valence-electron chi connectivity index (χ1n) is 9.80. The SMILES string of the molecule is C=[N+]1c2ccc3ccccc3c2C=C[C-]1c1cc(C)cc2c1[o+][c-]1ccccc21. The maximum absolute atomic E-state index is 6.29. The number of fused-ring (bicyclic) bond motifs is 6. The van der Waals surface area contributed by atoms with E-state index in [0.29, 0.717) is 0 Å². The van der Waals surface area contributed by atoms with Crippen molar-refractivity contribution in [1.29, 1.82) is 0 Å². The molecule has 0 bridgehead atoms. The second-order valence-electron chi connectivity index (χ2n) is 7.65. The van der Waals surface area contributed by atoms with Crippen LogP contribution in [0.15, 0.2) is 83.3 Å². The van der Waals surface area contributed by atoms with E-state index in [2.05, 4.69) is 86.5 Å². The van der Waals surface area contributed by atoms with E-state index in [0.717, 1.165) is 39.2 Å². The highest BCUT2D eigenvalue weighted by atomic mass is 16.3. The minimum atomic E-state index is 0.911. The van der Waals surface area contributed by atoms with Crippen LogP contribution in [0.1, 0.15) is 16.7 Å². The van der Waals surface area contributed by atoms with Crippen LogP contribution in [-0.4, -0.2) is 11.3 Å². The Morgan fingerprint density at radius 1 is 0.931 bits per heavy atom. The molecule has 29 heavy (non-hydrogen) atoms. The van der Waals surface area contributed by atoms with Crippen molar-refractivity contribution >= 4 is 51.2 Å². The van der Waals surface area contributed by atoms with Crippen LogP contribution >= 0.6 is 0 Å². The standard InChI is InChI=1S/C27H19NO/c1-17-15-22-21-9-5-6-10-26(21)29-27(22)23(16-17)25-14-12-20-19-8-4-3-7-18(19)11-13-24(20)28(25)2/h3-16H,2H2,1H3. The van der Waals surface area contributed by atoms with Crippen LogP contribution < -0.4 is 0 Å². The molecule has 0 radical (unpaired) electrons. The highest BCUT2D eigenvalue weighted by Gasteiger charge is 2.28. The molecule has 0 saturated carbocycles. The Morgan fingerprint density at radius 3 is 2.72 bits per heavy atom. The van der Waals surface area contributed by atoms with Crippen molar-refractivity contribution in [3.63, 3.8) is 0 Å². The average Bonchev–Trinajstić information content (AvgIpc) is 3.12. The molecule has 1 aromatic heterocycles. The summed E-state index contributed by atoms with van der Waals surface area (Å²) >= 11 is 0. The van der Waals surface area contributed by atoms with E-state index in [1.165, 1.54) is 21.9 Å². The molecular weight excluding hydrogens is 354 g/mol. The van der Waals surface area contributed by atoms with Gasteiger partial charge < -0.3 is 0 Å². The summed E-state index contributed by atoms with van der Waals surface area (Å²) in [5, 5.41) is 4.78. The topological polar surface area (TPSA) is 14.3 Å². The summed E-state index contributed by atoms with van der Waals surface area (Å²) in [4.78, 5) is 0. The highest BCUT2D eigenvalue weighted by Crippen LogP contribution is 2.41. The zero-order valence-electron chi connectivity index (χ0n) is 16.1. The Kier molecular flexibility index (Phi) is 3.27. The van der Waals surface area contributed by atoms with Gasteiger partial charge in [0.25, 0.3) is 11.2 Å². The molecule has 2 nitrogen and oxygen atoms in total. The molecule has 4 aromatic carbocycles. The molecule has 0 aliphatic carbocycles. The predicted molar refractivity (Wildman–Crippen MR) is 121 cm³/mol. The normalized spacial score (nSPS) is 13.6. The van der Waals surface area contributed by atoms with Crippen LogP contribution in [0.5, 0.6) is 0 Å². The molecule has 1 aliphatic heterocycles. The van der Waals surface area contributed by atoms with Crippen molar-refractivity contribution in [1.82, 2.24) is 0 Å². The fraction of sp³-hybridized carbons (Fsp3) is 0.0370. The lowest BCUT2D eigenvalue weighted by Gasteiger charge is -2.22. The van der Waals surface area contributed by atoms with Gasteiger partial charge in [0.15, 0.2) is 11.7 Å². The van der Waals surface area contributed by atoms with Crippen molar-refractivity contribution in [2.75, 3.05) is 0 Å². The minimum Gasteiger partial charge on any atom is -0.286 e. The van der Waals surface area contributed by atoms with Crippen LogP contribution in [0.25, 0.3) is 38.8 Å². The van der Waals surface area contributed by atoms with E-state index in [-0.39, 0.29) is 0 Å². The molecule has 0 fully saturated rings. The van der Waals surface area contributed by atoms with Gasteiger partial charge in [-0.2, -0.15) is 0 Å². The molecular formula is C27H19NO. The fourth-order valence-electron chi connectivity index (χ4n) is 4.47. The molecule has 138 valence electrons. The summed E-state index contributed by atoms with van der Waals surface area (Å²) < 4.78 is 8.32. The average molecular weight is 373 g/mol. The Morgan fingerprint density at radius 2 is 1.79 bits per heavy atom. The van der Waals surface area contributed by atoms with E-state index in [1.807, 2.05) is 16.7 Å². The highest BCUT2D eigenvalue weighted by molar-refractivity contribution is 6.07. The minimum absolute atomic E-state index is 0.911. The van der Waals surface area contributed by atoms with E-state index in [4.69, 9.17) is 4.42 Å². The first kappa shape index (κ1) is 16.2. The number of furan rings is 1. The number of nitrogens with zero attached hydrogens (tertiary/aromatic N) is 1. The second-order valence-corrected chi connectivity index (χ2v) is 7.65. The largest absolute Gasteiger partial charge is 0.286 e. The Bertz CT molecular complexity index is 1490. The molecule has 6 rings (SSSR count). The summed E-state index contributed by atoms with van der Waals surface area (Å²) in [6, 6.07) is 26.4. The third kappa shape index (κ3) is 2.29. The molecule has 0 atom stereocenters. The van der Waals surface area contributed by atoms with E-state index >= 15 is 0 Å². The van der Waals surface area contributed by atoms with E-state index in [1.54, 1.807) is 0 Å². The molecule has 2 heteroatoms. The van der Waals surface area contributed by atoms with Gasteiger partial charge in [-0.1, -0.05) is 54.1 Å². The third-order valence-electron chi connectivity index (χ3n) is 5.84. The molecule has 0 spiro atoms. The number of hydrogen-bond acceptors (Lipinski definition) is 0. The summed E-state index contributed by atoms with van der Waals surface area (Å²) in [5.74, 6) is 0. The van der Waals surface area contributed by atoms with E-state index < -0.39 is 0 Å². The van der Waals surface area contributed by atoms with Crippen molar-refractivity contribution in [2.45, 2.75) is 6.92 Å². The van der Waals surface area contributed by atoms with Crippen LogP contribution in [0.4, 0.5) is 5.69 Å². The van der Waals surface area contributed by atoms with Gasteiger partial charge in [-0.25, -0.2) is 4.58 Å². The van der Waals surface area contributed by atoms with Gasteiger partial charge in [0, 0.05) is 0 Å². The zero-order valence-corrected chi connectivity index (χ0v) is 16.1. The van der Waals surface area contributed by atoms with Gasteiger partial charge in [-0.3, -0.25) is 4.42 Å². The number of benzene rings is 4. The van der Waals surface area contributed by atoms with Gasteiger partial charge in [-0.05, 0) is 52.2 Å². The van der Waals surface area contributed by atoms with Crippen molar-refractivity contribution in [3.8, 4) is 0 Å². The Hall–Kier alpha value is -3.78.